The third-order valence-corrected chi connectivity index (χ3v) is 7.09. The summed E-state index contributed by atoms with van der Waals surface area (Å²) in [6.45, 7) is 2.12. The number of thioether (sulfide) groups is 1. The Hall–Kier alpha value is -2.89. The van der Waals surface area contributed by atoms with Crippen molar-refractivity contribution in [2.24, 2.45) is 0 Å². The first-order valence-corrected chi connectivity index (χ1v) is 11.9. The highest BCUT2D eigenvalue weighted by atomic mass is 32.2. The second-order valence-electron chi connectivity index (χ2n) is 6.72. The van der Waals surface area contributed by atoms with Gasteiger partial charge in [-0.25, -0.2) is 23.0 Å². The van der Waals surface area contributed by atoms with Crippen molar-refractivity contribution in [1.29, 1.82) is 0 Å². The zero-order chi connectivity index (χ0) is 22.4. The van der Waals surface area contributed by atoms with Gasteiger partial charge in [0.1, 0.15) is 0 Å². The number of carbonyl (C=O) groups is 1. The predicted molar refractivity (Wildman–Crippen MR) is 120 cm³/mol. The Morgan fingerprint density at radius 1 is 1.19 bits per heavy atom. The zero-order valence-electron chi connectivity index (χ0n) is 17.1. The molecule has 31 heavy (non-hydrogen) atoms. The lowest BCUT2D eigenvalue weighted by atomic mass is 10.1. The van der Waals surface area contributed by atoms with Crippen molar-refractivity contribution < 1.29 is 13.2 Å². The van der Waals surface area contributed by atoms with Crippen LogP contribution in [-0.4, -0.2) is 41.9 Å². The van der Waals surface area contributed by atoms with E-state index in [1.54, 1.807) is 19.1 Å². The quantitative estimate of drug-likeness (QED) is 0.417. The van der Waals surface area contributed by atoms with Gasteiger partial charge >= 0.3 is 5.69 Å². The van der Waals surface area contributed by atoms with Crippen LogP contribution in [0.2, 0.25) is 0 Å². The van der Waals surface area contributed by atoms with Crippen LogP contribution in [0.4, 0.5) is 5.69 Å². The highest BCUT2D eigenvalue weighted by Gasteiger charge is 2.16. The molecule has 0 atom stereocenters. The van der Waals surface area contributed by atoms with Crippen LogP contribution in [0, 0.1) is 6.92 Å². The molecule has 0 aliphatic carbocycles. The molecule has 0 fully saturated rings. The Balaban J connectivity index is 1.63. The van der Waals surface area contributed by atoms with Gasteiger partial charge in [0.2, 0.25) is 15.9 Å². The van der Waals surface area contributed by atoms with Gasteiger partial charge in [-0.3, -0.25) is 9.36 Å². The van der Waals surface area contributed by atoms with Gasteiger partial charge in [0, 0.05) is 12.2 Å². The van der Waals surface area contributed by atoms with Gasteiger partial charge in [-0.15, -0.1) is 5.10 Å². The first-order chi connectivity index (χ1) is 14.8. The number of carbonyl (C=O) groups excluding carboxylic acids is 1. The highest BCUT2D eigenvalue weighted by molar-refractivity contribution is 7.99. The van der Waals surface area contributed by atoms with E-state index in [9.17, 15) is 18.0 Å². The summed E-state index contributed by atoms with van der Waals surface area (Å²) in [6, 6.07) is 14.4. The summed E-state index contributed by atoms with van der Waals surface area (Å²) in [5.74, 6) is -0.329. The van der Waals surface area contributed by atoms with Crippen molar-refractivity contribution in [1.82, 2.24) is 19.5 Å². The van der Waals surface area contributed by atoms with Gasteiger partial charge in [-0.05, 0) is 43.7 Å². The molecule has 0 aliphatic heterocycles. The average Bonchev–Trinajstić information content (AvgIpc) is 3.12. The van der Waals surface area contributed by atoms with E-state index in [1.165, 1.54) is 17.7 Å². The molecule has 3 rings (SSSR count). The van der Waals surface area contributed by atoms with E-state index >= 15 is 0 Å². The van der Waals surface area contributed by atoms with Gasteiger partial charge in [-0.2, -0.15) is 0 Å². The summed E-state index contributed by atoms with van der Waals surface area (Å²) in [7, 11) is -2.30. The highest BCUT2D eigenvalue weighted by Crippen LogP contribution is 2.21. The van der Waals surface area contributed by atoms with Crippen molar-refractivity contribution in [2.45, 2.75) is 29.9 Å². The molecule has 11 heteroatoms. The van der Waals surface area contributed by atoms with Crippen LogP contribution in [0.25, 0.3) is 0 Å². The van der Waals surface area contributed by atoms with E-state index in [0.29, 0.717) is 29.4 Å². The number of amides is 1. The molecule has 0 saturated carbocycles. The number of aryl methyl sites for hydroxylation is 2. The first kappa shape index (κ1) is 22.8. The summed E-state index contributed by atoms with van der Waals surface area (Å²) < 4.78 is 28.0. The molecule has 1 heterocycles. The number of aromatic amines is 1. The van der Waals surface area contributed by atoms with E-state index in [1.807, 2.05) is 30.3 Å². The van der Waals surface area contributed by atoms with Crippen LogP contribution in [0.15, 0.2) is 63.4 Å². The number of benzene rings is 2. The Bertz CT molecular complexity index is 1220. The fourth-order valence-electron chi connectivity index (χ4n) is 2.90. The standard InChI is InChI=1S/C20H23N5O4S2/c1-14-8-9-16(12-17(14)31(28,29)21-2)22-18(26)13-30-20-24-23-19(27)25(20)11-10-15-6-4-3-5-7-15/h3-9,12,21H,10-11,13H2,1-2H3,(H,22,26)(H,23,27). The molecule has 1 amide bonds. The molecule has 164 valence electrons. The second kappa shape index (κ2) is 9.94. The molecule has 2 aromatic carbocycles. The molecule has 0 radical (unpaired) electrons. The Labute approximate surface area is 184 Å². The largest absolute Gasteiger partial charge is 0.343 e. The lowest BCUT2D eigenvalue weighted by Gasteiger charge is -2.10. The van der Waals surface area contributed by atoms with Gasteiger partial charge in [0.15, 0.2) is 5.16 Å². The minimum Gasteiger partial charge on any atom is -0.325 e. The van der Waals surface area contributed by atoms with Gasteiger partial charge < -0.3 is 5.32 Å². The fraction of sp³-hybridized carbons (Fsp3) is 0.250. The van der Waals surface area contributed by atoms with Crippen LogP contribution in [0.5, 0.6) is 0 Å². The maximum Gasteiger partial charge on any atom is 0.343 e. The Kier molecular flexibility index (Phi) is 7.31. The van der Waals surface area contributed by atoms with Gasteiger partial charge in [-0.1, -0.05) is 48.2 Å². The zero-order valence-corrected chi connectivity index (χ0v) is 18.7. The van der Waals surface area contributed by atoms with E-state index in [4.69, 9.17) is 0 Å². The minimum absolute atomic E-state index is 0.0115. The number of anilines is 1. The second-order valence-corrected chi connectivity index (χ2v) is 9.52. The number of sulfonamides is 1. The molecule has 0 bridgehead atoms. The van der Waals surface area contributed by atoms with Gasteiger partial charge in [0.25, 0.3) is 0 Å². The Morgan fingerprint density at radius 2 is 1.94 bits per heavy atom. The number of rotatable bonds is 9. The molecule has 0 spiro atoms. The smallest absolute Gasteiger partial charge is 0.325 e. The number of H-pyrrole nitrogens is 1. The summed E-state index contributed by atoms with van der Waals surface area (Å²) in [5.41, 5.74) is 1.70. The summed E-state index contributed by atoms with van der Waals surface area (Å²) in [6.07, 6.45) is 0.659. The molecule has 0 saturated heterocycles. The van der Waals surface area contributed by atoms with Crippen LogP contribution >= 0.6 is 11.8 Å². The van der Waals surface area contributed by atoms with Crippen LogP contribution in [0.1, 0.15) is 11.1 Å². The fourth-order valence-corrected chi connectivity index (χ4v) is 4.67. The SMILES string of the molecule is CNS(=O)(=O)c1cc(NC(=O)CSc2n[nH]c(=O)n2CCc2ccccc2)ccc1C. The van der Waals surface area contributed by atoms with E-state index in [0.717, 1.165) is 17.3 Å². The van der Waals surface area contributed by atoms with Crippen LogP contribution < -0.4 is 15.7 Å². The monoisotopic (exact) mass is 461 g/mol. The number of aromatic nitrogens is 3. The third kappa shape index (κ3) is 5.84. The molecule has 9 nitrogen and oxygen atoms in total. The number of nitrogens with one attached hydrogen (secondary N) is 3. The topological polar surface area (TPSA) is 126 Å². The van der Waals surface area contributed by atoms with Crippen molar-refractivity contribution >= 4 is 33.4 Å². The van der Waals surface area contributed by atoms with E-state index in [2.05, 4.69) is 20.2 Å². The predicted octanol–water partition coefficient (Wildman–Crippen LogP) is 1.76. The summed E-state index contributed by atoms with van der Waals surface area (Å²) in [4.78, 5) is 24.5. The Morgan fingerprint density at radius 3 is 2.65 bits per heavy atom. The number of hydrogen-bond donors (Lipinski definition) is 3. The maximum absolute atomic E-state index is 12.4. The lowest BCUT2D eigenvalue weighted by molar-refractivity contribution is -0.113. The molecule has 0 aliphatic rings. The van der Waals surface area contributed by atoms with Crippen molar-refractivity contribution in [3.63, 3.8) is 0 Å². The normalized spacial score (nSPS) is 11.4. The number of nitrogens with zero attached hydrogens (tertiary/aromatic N) is 2. The summed E-state index contributed by atoms with van der Waals surface area (Å²) in [5, 5.41) is 9.51. The van der Waals surface area contributed by atoms with E-state index < -0.39 is 10.0 Å². The van der Waals surface area contributed by atoms with Crippen molar-refractivity contribution in [2.75, 3.05) is 18.1 Å². The number of hydrogen-bond acceptors (Lipinski definition) is 6. The molecule has 3 N–H and O–H groups in total. The van der Waals surface area contributed by atoms with Crippen molar-refractivity contribution in [3.8, 4) is 0 Å². The van der Waals surface area contributed by atoms with Crippen LogP contribution in [0.3, 0.4) is 0 Å². The molecule has 3 aromatic rings. The first-order valence-electron chi connectivity index (χ1n) is 9.46. The molecular formula is C20H23N5O4S2. The lowest BCUT2D eigenvalue weighted by Crippen LogP contribution is -2.21. The molecule has 1 aromatic heterocycles. The van der Waals surface area contributed by atoms with Crippen LogP contribution in [-0.2, 0) is 27.8 Å². The van der Waals surface area contributed by atoms with Crippen molar-refractivity contribution in [3.05, 3.63) is 70.1 Å². The third-order valence-electron chi connectivity index (χ3n) is 4.55. The average molecular weight is 462 g/mol. The maximum atomic E-state index is 12.4. The summed E-state index contributed by atoms with van der Waals surface area (Å²) >= 11 is 1.13. The van der Waals surface area contributed by atoms with E-state index in [-0.39, 0.29) is 22.2 Å². The molecular weight excluding hydrogens is 438 g/mol. The molecule has 0 unspecified atom stereocenters. The van der Waals surface area contributed by atoms with Gasteiger partial charge in [0.05, 0.1) is 10.6 Å². The minimum atomic E-state index is -3.63.